The molecule has 1 heterocycles. The summed E-state index contributed by atoms with van der Waals surface area (Å²) >= 11 is 5.13. The Morgan fingerprint density at radius 1 is 1.15 bits per heavy atom. The van der Waals surface area contributed by atoms with Gasteiger partial charge in [0.25, 0.3) is 0 Å². The first-order valence-corrected chi connectivity index (χ1v) is 12.3. The van der Waals surface area contributed by atoms with E-state index in [9.17, 15) is 4.79 Å². The minimum Gasteiger partial charge on any atom is -0.316 e. The largest absolute Gasteiger partial charge is 0.316 e. The Morgan fingerprint density at radius 3 is 2.70 bits per heavy atom. The molecule has 0 radical (unpaired) electrons. The molecule has 3 rings (SSSR count). The van der Waals surface area contributed by atoms with Gasteiger partial charge in [0.1, 0.15) is 0 Å². The minimum atomic E-state index is -0.0430. The number of carbonyl (C=O) groups is 1. The molecule has 0 atom stereocenters. The Kier molecular flexibility index (Phi) is 7.61. The number of aryl methyl sites for hydroxylation is 2. The highest BCUT2D eigenvalue weighted by Gasteiger charge is 2.09. The fourth-order valence-electron chi connectivity index (χ4n) is 2.76. The Labute approximate surface area is 172 Å². The summed E-state index contributed by atoms with van der Waals surface area (Å²) in [6.07, 6.45) is 3.57. The van der Waals surface area contributed by atoms with Gasteiger partial charge in [-0.15, -0.1) is 11.8 Å². The van der Waals surface area contributed by atoms with Crippen molar-refractivity contribution >= 4 is 51.0 Å². The lowest BCUT2D eigenvalue weighted by atomic mass is 10.2. The molecule has 27 heavy (non-hydrogen) atoms. The number of amides is 1. The van der Waals surface area contributed by atoms with Crippen LogP contribution in [0.1, 0.15) is 18.9 Å². The molecular weight excluding hydrogens is 392 g/mol. The first-order valence-electron chi connectivity index (χ1n) is 9.08. The number of aromatic nitrogens is 1. The van der Waals surface area contributed by atoms with Gasteiger partial charge in [0.15, 0.2) is 4.80 Å². The smallest absolute Gasteiger partial charge is 0.249 e. The van der Waals surface area contributed by atoms with Crippen LogP contribution in [-0.4, -0.2) is 28.2 Å². The maximum atomic E-state index is 12.4. The van der Waals surface area contributed by atoms with Gasteiger partial charge in [-0.25, -0.2) is 0 Å². The van der Waals surface area contributed by atoms with Crippen LogP contribution in [-0.2, 0) is 17.8 Å². The van der Waals surface area contributed by atoms with Gasteiger partial charge in [-0.05, 0) is 42.5 Å². The Balaban J connectivity index is 1.79. The van der Waals surface area contributed by atoms with Crippen molar-refractivity contribution in [3.63, 3.8) is 0 Å². The number of hydrogen-bond acceptors (Lipinski definition) is 4. The highest BCUT2D eigenvalue weighted by Crippen LogP contribution is 2.21. The molecule has 0 unspecified atom stereocenters. The molecular formula is C21H24N2OS3. The van der Waals surface area contributed by atoms with E-state index in [0.717, 1.165) is 29.3 Å². The zero-order chi connectivity index (χ0) is 19.1. The highest BCUT2D eigenvalue weighted by molar-refractivity contribution is 7.99. The first-order chi connectivity index (χ1) is 13.2. The summed E-state index contributed by atoms with van der Waals surface area (Å²) in [7, 11) is 0. The van der Waals surface area contributed by atoms with Gasteiger partial charge in [0.05, 0.1) is 10.2 Å². The van der Waals surface area contributed by atoms with Crippen molar-refractivity contribution in [2.24, 2.45) is 4.99 Å². The van der Waals surface area contributed by atoms with Crippen molar-refractivity contribution in [1.82, 2.24) is 4.57 Å². The lowest BCUT2D eigenvalue weighted by molar-refractivity contribution is -0.117. The normalized spacial score (nSPS) is 12.0. The summed E-state index contributed by atoms with van der Waals surface area (Å²) in [5.41, 5.74) is 2.49. The fourth-order valence-corrected chi connectivity index (χ4v) is 5.12. The maximum absolute atomic E-state index is 12.4. The second kappa shape index (κ2) is 10.2. The second-order valence-corrected chi connectivity index (χ2v) is 9.26. The summed E-state index contributed by atoms with van der Waals surface area (Å²) in [6.45, 7) is 3.04. The number of rotatable bonds is 8. The molecule has 0 fully saturated rings. The molecule has 0 N–H and O–H groups in total. The van der Waals surface area contributed by atoms with Crippen LogP contribution in [0.15, 0.2) is 58.4 Å². The molecule has 0 spiro atoms. The summed E-state index contributed by atoms with van der Waals surface area (Å²) in [4.78, 5) is 18.9. The van der Waals surface area contributed by atoms with Crippen LogP contribution >= 0.6 is 34.9 Å². The molecule has 1 amide bonds. The first kappa shape index (κ1) is 20.2. The van der Waals surface area contributed by atoms with E-state index >= 15 is 0 Å². The van der Waals surface area contributed by atoms with E-state index < -0.39 is 0 Å². The number of thioether (sulfide) groups is 2. The molecule has 142 valence electrons. The van der Waals surface area contributed by atoms with E-state index in [1.165, 1.54) is 20.7 Å². The fraction of sp³-hybridized carbons (Fsp3) is 0.333. The van der Waals surface area contributed by atoms with E-state index in [4.69, 9.17) is 0 Å². The average molecular weight is 417 g/mol. The molecule has 0 aliphatic rings. The summed E-state index contributed by atoms with van der Waals surface area (Å²) in [6, 6.07) is 16.7. The third kappa shape index (κ3) is 5.50. The Morgan fingerprint density at radius 2 is 1.96 bits per heavy atom. The van der Waals surface area contributed by atoms with E-state index in [-0.39, 0.29) is 5.91 Å². The van der Waals surface area contributed by atoms with Crippen LogP contribution in [0.4, 0.5) is 0 Å². The van der Waals surface area contributed by atoms with Gasteiger partial charge in [-0.2, -0.15) is 16.8 Å². The number of fused-ring (bicyclic) bond motifs is 1. The lowest BCUT2D eigenvalue weighted by Crippen LogP contribution is -2.18. The molecule has 0 saturated heterocycles. The molecule has 0 aliphatic carbocycles. The molecule has 3 nitrogen and oxygen atoms in total. The van der Waals surface area contributed by atoms with Gasteiger partial charge in [-0.1, -0.05) is 42.5 Å². The second-order valence-electron chi connectivity index (χ2n) is 6.10. The van der Waals surface area contributed by atoms with Crippen LogP contribution in [0.5, 0.6) is 0 Å². The van der Waals surface area contributed by atoms with Gasteiger partial charge in [0.2, 0.25) is 5.91 Å². The van der Waals surface area contributed by atoms with E-state index in [2.05, 4.69) is 53.1 Å². The maximum Gasteiger partial charge on any atom is 0.249 e. The van der Waals surface area contributed by atoms with Gasteiger partial charge >= 0.3 is 0 Å². The van der Waals surface area contributed by atoms with E-state index in [1.807, 2.05) is 30.0 Å². The van der Waals surface area contributed by atoms with Crippen LogP contribution in [0.25, 0.3) is 10.2 Å². The van der Waals surface area contributed by atoms with Gasteiger partial charge in [0, 0.05) is 29.4 Å². The van der Waals surface area contributed by atoms with Crippen molar-refractivity contribution in [1.29, 1.82) is 0 Å². The topological polar surface area (TPSA) is 34.4 Å². The quantitative estimate of drug-likeness (QED) is 0.471. The molecule has 6 heteroatoms. The third-order valence-corrected chi connectivity index (χ3v) is 6.87. The standard InChI is InChI=1S/C21H24N2OS3/c1-3-16-9-10-18-19(15-16)27-21(23(18)12-14-25-2)22-20(24)11-13-26-17-7-5-4-6-8-17/h4-10,15H,3,11-14H2,1-2H3. The molecule has 2 aromatic carbocycles. The number of nitrogens with zero attached hydrogens (tertiary/aromatic N) is 2. The third-order valence-electron chi connectivity index (χ3n) is 4.22. The predicted octanol–water partition coefficient (Wildman–Crippen LogP) is 5.24. The SMILES string of the molecule is CCc1ccc2c(c1)sc(=NC(=O)CCSc1ccccc1)n2CCSC. The number of hydrogen-bond donors (Lipinski definition) is 0. The summed E-state index contributed by atoms with van der Waals surface area (Å²) in [5.74, 6) is 1.72. The summed E-state index contributed by atoms with van der Waals surface area (Å²) < 4.78 is 3.40. The Hall–Kier alpha value is -1.50. The Bertz CT molecular complexity index is 960. The van der Waals surface area contributed by atoms with Crippen molar-refractivity contribution in [2.75, 3.05) is 17.8 Å². The van der Waals surface area contributed by atoms with Crippen LogP contribution in [0, 0.1) is 0 Å². The molecule has 0 aliphatic heterocycles. The molecule has 1 aromatic heterocycles. The van der Waals surface area contributed by atoms with Crippen molar-refractivity contribution < 1.29 is 4.79 Å². The highest BCUT2D eigenvalue weighted by atomic mass is 32.2. The monoisotopic (exact) mass is 416 g/mol. The molecule has 3 aromatic rings. The van der Waals surface area contributed by atoms with Crippen molar-refractivity contribution in [3.8, 4) is 0 Å². The molecule has 0 bridgehead atoms. The number of thiazole rings is 1. The lowest BCUT2D eigenvalue weighted by Gasteiger charge is -2.04. The van der Waals surface area contributed by atoms with Gasteiger partial charge in [-0.3, -0.25) is 4.79 Å². The summed E-state index contributed by atoms with van der Waals surface area (Å²) in [5, 5.41) is 0. The number of benzene rings is 2. The minimum absolute atomic E-state index is 0.0430. The van der Waals surface area contributed by atoms with Crippen molar-refractivity contribution in [3.05, 3.63) is 58.9 Å². The van der Waals surface area contributed by atoms with E-state index in [0.29, 0.717) is 6.42 Å². The predicted molar refractivity (Wildman–Crippen MR) is 120 cm³/mol. The van der Waals surface area contributed by atoms with Crippen LogP contribution in [0.2, 0.25) is 0 Å². The van der Waals surface area contributed by atoms with Crippen LogP contribution in [0.3, 0.4) is 0 Å². The van der Waals surface area contributed by atoms with E-state index in [1.54, 1.807) is 23.1 Å². The molecule has 0 saturated carbocycles. The van der Waals surface area contributed by atoms with Crippen molar-refractivity contribution in [2.45, 2.75) is 31.2 Å². The average Bonchev–Trinajstić information content (AvgIpc) is 3.03. The van der Waals surface area contributed by atoms with Gasteiger partial charge < -0.3 is 4.57 Å². The van der Waals surface area contributed by atoms with Crippen LogP contribution < -0.4 is 4.80 Å². The zero-order valence-corrected chi connectivity index (χ0v) is 18.1. The number of carbonyl (C=O) groups excluding carboxylic acids is 1. The zero-order valence-electron chi connectivity index (χ0n) is 15.7.